The van der Waals surface area contributed by atoms with E-state index in [1.165, 1.54) is 11.3 Å². The number of thiazole rings is 1. The van der Waals surface area contributed by atoms with Crippen molar-refractivity contribution in [2.24, 2.45) is 0 Å². The Morgan fingerprint density at radius 2 is 1.91 bits per heavy atom. The average molecular weight is 480 g/mol. The van der Waals surface area contributed by atoms with Crippen LogP contribution in [-0.2, 0) is 6.54 Å². The second kappa shape index (κ2) is 10.8. The lowest BCUT2D eigenvalue weighted by Gasteiger charge is -2.20. The molecule has 0 radical (unpaired) electrons. The minimum atomic E-state index is -0.147. The molecule has 0 saturated carbocycles. The number of hydrogen-bond acceptors (Lipinski definition) is 5. The first-order valence-electron chi connectivity index (χ1n) is 11.1. The van der Waals surface area contributed by atoms with Crippen molar-refractivity contribution >= 4 is 44.2 Å². The third kappa shape index (κ3) is 5.52. The van der Waals surface area contributed by atoms with E-state index in [1.54, 1.807) is 23.2 Å². The van der Waals surface area contributed by atoms with Gasteiger partial charge in [0.15, 0.2) is 5.13 Å². The summed E-state index contributed by atoms with van der Waals surface area (Å²) in [5, 5.41) is 1.23. The number of aryl methyl sites for hydroxylation is 1. The third-order valence-corrected chi connectivity index (χ3v) is 6.86. The lowest BCUT2D eigenvalue weighted by molar-refractivity contribution is 0.0984. The number of fused-ring (bicyclic) bond motifs is 1. The molecule has 7 heteroatoms. The van der Waals surface area contributed by atoms with E-state index in [0.717, 1.165) is 46.5 Å². The van der Waals surface area contributed by atoms with E-state index in [2.05, 4.69) is 11.9 Å². The normalized spacial score (nSPS) is 11.0. The SMILES string of the molecule is CCCCCOc1ccc(C(=O)N(Cc2ccccn2)c2nc3c(C)ccc(Cl)c3s2)cc1. The molecule has 0 N–H and O–H groups in total. The highest BCUT2D eigenvalue weighted by molar-refractivity contribution is 7.23. The van der Waals surface area contributed by atoms with Gasteiger partial charge in [0.25, 0.3) is 5.91 Å². The van der Waals surface area contributed by atoms with Crippen LogP contribution in [-0.4, -0.2) is 22.5 Å². The molecule has 170 valence electrons. The van der Waals surface area contributed by atoms with Crippen LogP contribution in [0.25, 0.3) is 10.2 Å². The summed E-state index contributed by atoms with van der Waals surface area (Å²) in [5.41, 5.74) is 3.18. The van der Waals surface area contributed by atoms with Crippen LogP contribution in [0.5, 0.6) is 5.75 Å². The number of pyridine rings is 1. The summed E-state index contributed by atoms with van der Waals surface area (Å²) >= 11 is 7.84. The molecule has 2 aromatic carbocycles. The van der Waals surface area contributed by atoms with E-state index in [4.69, 9.17) is 21.3 Å². The quantitative estimate of drug-likeness (QED) is 0.241. The topological polar surface area (TPSA) is 55.3 Å². The van der Waals surface area contributed by atoms with Gasteiger partial charge in [-0.25, -0.2) is 4.98 Å². The van der Waals surface area contributed by atoms with E-state index in [-0.39, 0.29) is 5.91 Å². The van der Waals surface area contributed by atoms with Gasteiger partial charge in [-0.2, -0.15) is 0 Å². The van der Waals surface area contributed by atoms with Crippen LogP contribution in [0.1, 0.15) is 47.8 Å². The molecule has 33 heavy (non-hydrogen) atoms. The minimum Gasteiger partial charge on any atom is -0.494 e. The van der Waals surface area contributed by atoms with Crippen molar-refractivity contribution in [3.05, 3.63) is 82.6 Å². The smallest absolute Gasteiger partial charge is 0.260 e. The fraction of sp³-hybridized carbons (Fsp3) is 0.269. The van der Waals surface area contributed by atoms with Gasteiger partial charge in [-0.15, -0.1) is 0 Å². The summed E-state index contributed by atoms with van der Waals surface area (Å²) in [7, 11) is 0. The summed E-state index contributed by atoms with van der Waals surface area (Å²) in [6.07, 6.45) is 5.04. The zero-order valence-corrected chi connectivity index (χ0v) is 20.3. The Morgan fingerprint density at radius 1 is 1.09 bits per heavy atom. The Morgan fingerprint density at radius 3 is 2.61 bits per heavy atom. The lowest BCUT2D eigenvalue weighted by Crippen LogP contribution is -2.30. The number of amides is 1. The van der Waals surface area contributed by atoms with Crippen LogP contribution in [0, 0.1) is 6.92 Å². The molecule has 0 spiro atoms. The molecule has 0 aliphatic carbocycles. The fourth-order valence-corrected chi connectivity index (χ4v) is 4.79. The van der Waals surface area contributed by atoms with Crippen LogP contribution in [0.3, 0.4) is 0 Å². The number of anilines is 1. The number of ether oxygens (including phenoxy) is 1. The van der Waals surface area contributed by atoms with E-state index in [1.807, 2.05) is 49.4 Å². The molecular formula is C26H26ClN3O2S. The number of nitrogens with zero attached hydrogens (tertiary/aromatic N) is 3. The molecule has 0 saturated heterocycles. The Balaban J connectivity index is 1.63. The van der Waals surface area contributed by atoms with Gasteiger partial charge in [-0.1, -0.05) is 54.8 Å². The number of benzene rings is 2. The van der Waals surface area contributed by atoms with Gasteiger partial charge < -0.3 is 4.74 Å². The molecule has 0 unspecified atom stereocenters. The van der Waals surface area contributed by atoms with Crippen molar-refractivity contribution in [2.75, 3.05) is 11.5 Å². The maximum absolute atomic E-state index is 13.6. The van der Waals surface area contributed by atoms with E-state index >= 15 is 0 Å². The maximum atomic E-state index is 13.6. The molecule has 2 aromatic heterocycles. The molecule has 0 fully saturated rings. The fourth-order valence-electron chi connectivity index (χ4n) is 3.48. The van der Waals surface area contributed by atoms with Gasteiger partial charge in [-0.3, -0.25) is 14.7 Å². The van der Waals surface area contributed by atoms with E-state index < -0.39 is 0 Å². The summed E-state index contributed by atoms with van der Waals surface area (Å²) in [5.74, 6) is 0.618. The Labute approximate surface area is 203 Å². The van der Waals surface area contributed by atoms with Gasteiger partial charge in [0.1, 0.15) is 5.75 Å². The molecule has 0 bridgehead atoms. The van der Waals surface area contributed by atoms with Gasteiger partial charge >= 0.3 is 0 Å². The highest BCUT2D eigenvalue weighted by Crippen LogP contribution is 2.36. The zero-order valence-electron chi connectivity index (χ0n) is 18.8. The van der Waals surface area contributed by atoms with Gasteiger partial charge in [-0.05, 0) is 61.4 Å². The van der Waals surface area contributed by atoms with Gasteiger partial charge in [0, 0.05) is 11.8 Å². The first-order valence-corrected chi connectivity index (χ1v) is 12.3. The Bertz CT molecular complexity index is 1190. The third-order valence-electron chi connectivity index (χ3n) is 5.33. The minimum absolute atomic E-state index is 0.147. The zero-order chi connectivity index (χ0) is 23.2. The average Bonchev–Trinajstić information content (AvgIpc) is 3.30. The maximum Gasteiger partial charge on any atom is 0.260 e. The number of rotatable bonds is 9. The van der Waals surface area contributed by atoms with Crippen molar-refractivity contribution in [2.45, 2.75) is 39.7 Å². The Hall–Kier alpha value is -2.96. The van der Waals surface area contributed by atoms with E-state index in [9.17, 15) is 4.79 Å². The van der Waals surface area contributed by atoms with Crippen molar-refractivity contribution < 1.29 is 9.53 Å². The van der Waals surface area contributed by atoms with Gasteiger partial charge in [0.2, 0.25) is 0 Å². The Kier molecular flexibility index (Phi) is 7.57. The second-order valence-electron chi connectivity index (χ2n) is 7.83. The van der Waals surface area contributed by atoms with Gasteiger partial charge in [0.05, 0.1) is 34.1 Å². The molecule has 0 aliphatic rings. The standard InChI is InChI=1S/C26H26ClN3O2S/c1-3-4-7-16-32-21-12-10-19(11-13-21)25(31)30(17-20-8-5-6-15-28-20)26-29-23-18(2)9-14-22(27)24(23)33-26/h5-6,8-15H,3-4,7,16-17H2,1-2H3. The van der Waals surface area contributed by atoms with Crippen LogP contribution in [0.4, 0.5) is 5.13 Å². The second-order valence-corrected chi connectivity index (χ2v) is 9.22. The van der Waals surface area contributed by atoms with Crippen LogP contribution in [0.15, 0.2) is 60.8 Å². The number of carbonyl (C=O) groups excluding carboxylic acids is 1. The highest BCUT2D eigenvalue weighted by atomic mass is 35.5. The largest absolute Gasteiger partial charge is 0.494 e. The molecule has 2 heterocycles. The van der Waals surface area contributed by atoms with Crippen molar-refractivity contribution in [1.29, 1.82) is 0 Å². The monoisotopic (exact) mass is 479 g/mol. The van der Waals surface area contributed by atoms with Crippen LogP contribution in [0.2, 0.25) is 5.02 Å². The summed E-state index contributed by atoms with van der Waals surface area (Å²) in [4.78, 5) is 24.5. The number of unbranched alkanes of at least 4 members (excludes halogenated alkanes) is 2. The molecule has 4 rings (SSSR count). The molecule has 4 aromatic rings. The number of aromatic nitrogens is 2. The first-order chi connectivity index (χ1) is 16.1. The molecule has 1 amide bonds. The summed E-state index contributed by atoms with van der Waals surface area (Å²) in [6, 6.07) is 16.8. The summed E-state index contributed by atoms with van der Waals surface area (Å²) in [6.45, 7) is 5.15. The lowest BCUT2D eigenvalue weighted by atomic mass is 10.2. The van der Waals surface area contributed by atoms with Crippen LogP contribution >= 0.6 is 22.9 Å². The molecule has 5 nitrogen and oxygen atoms in total. The number of halogens is 1. The predicted molar refractivity (Wildman–Crippen MR) is 136 cm³/mol. The molecule has 0 aliphatic heterocycles. The molecule has 0 atom stereocenters. The molecular weight excluding hydrogens is 454 g/mol. The van der Waals surface area contributed by atoms with E-state index in [0.29, 0.717) is 28.9 Å². The number of hydrogen-bond donors (Lipinski definition) is 0. The first kappa shape index (κ1) is 23.2. The van der Waals surface area contributed by atoms with Crippen molar-refractivity contribution in [3.63, 3.8) is 0 Å². The summed E-state index contributed by atoms with van der Waals surface area (Å²) < 4.78 is 6.67. The number of carbonyl (C=O) groups is 1. The highest BCUT2D eigenvalue weighted by Gasteiger charge is 2.23. The van der Waals surface area contributed by atoms with Crippen molar-refractivity contribution in [1.82, 2.24) is 9.97 Å². The predicted octanol–water partition coefficient (Wildman–Crippen LogP) is 7.07. The van der Waals surface area contributed by atoms with Crippen molar-refractivity contribution in [3.8, 4) is 5.75 Å². The van der Waals surface area contributed by atoms with Crippen LogP contribution < -0.4 is 9.64 Å².